The highest BCUT2D eigenvalue weighted by molar-refractivity contribution is 5.87. The van der Waals surface area contributed by atoms with Gasteiger partial charge in [-0.05, 0) is 43.5 Å². The Balaban J connectivity index is 2.14. The molecule has 2 N–H and O–H groups in total. The topological polar surface area (TPSA) is 58.6 Å². The van der Waals surface area contributed by atoms with Crippen molar-refractivity contribution in [2.24, 2.45) is 0 Å². The van der Waals surface area contributed by atoms with E-state index in [2.05, 4.69) is 5.32 Å². The number of hydrogen-bond donors (Lipinski definition) is 2. The van der Waals surface area contributed by atoms with Crippen LogP contribution in [-0.4, -0.2) is 31.3 Å². The molecule has 1 aromatic rings. The first-order valence-corrected chi connectivity index (χ1v) is 6.26. The average Bonchev–Trinajstić information content (AvgIpc) is 2.38. The smallest absolute Gasteiger partial charge is 0.335 e. The quantitative estimate of drug-likeness (QED) is 0.661. The predicted octanol–water partition coefficient (Wildman–Crippen LogP) is 2.29. The maximum absolute atomic E-state index is 10.7. The van der Waals surface area contributed by atoms with Gasteiger partial charge < -0.3 is 15.2 Å². The van der Waals surface area contributed by atoms with Gasteiger partial charge >= 0.3 is 5.97 Å². The zero-order chi connectivity index (χ0) is 13.2. The molecule has 0 fully saturated rings. The second kappa shape index (κ2) is 8.66. The van der Waals surface area contributed by atoms with E-state index < -0.39 is 5.97 Å². The predicted molar refractivity (Wildman–Crippen MR) is 70.8 cm³/mol. The van der Waals surface area contributed by atoms with Gasteiger partial charge in [-0.2, -0.15) is 0 Å². The van der Waals surface area contributed by atoms with Crippen LogP contribution in [0.5, 0.6) is 0 Å². The standard InChI is InChI=1S/C14H21NO3/c1-18-10-4-2-3-9-15-11-12-5-7-13(8-6-12)14(16)17/h5-8,15H,2-4,9-11H2,1H3,(H,16,17). The minimum absolute atomic E-state index is 0.332. The van der Waals surface area contributed by atoms with Crippen LogP contribution in [0.3, 0.4) is 0 Å². The van der Waals surface area contributed by atoms with E-state index in [0.717, 1.165) is 38.1 Å². The average molecular weight is 251 g/mol. The molecule has 1 rings (SSSR count). The number of ether oxygens (including phenoxy) is 1. The fourth-order valence-electron chi connectivity index (χ4n) is 1.67. The lowest BCUT2D eigenvalue weighted by molar-refractivity contribution is 0.0697. The van der Waals surface area contributed by atoms with Crippen LogP contribution in [-0.2, 0) is 11.3 Å². The van der Waals surface area contributed by atoms with E-state index in [0.29, 0.717) is 5.56 Å². The highest BCUT2D eigenvalue weighted by Gasteiger charge is 2.01. The second-order valence-electron chi connectivity index (χ2n) is 4.23. The van der Waals surface area contributed by atoms with Crippen molar-refractivity contribution in [1.29, 1.82) is 0 Å². The molecule has 18 heavy (non-hydrogen) atoms. The Labute approximate surface area is 108 Å². The molecule has 0 unspecified atom stereocenters. The summed E-state index contributed by atoms with van der Waals surface area (Å²) in [7, 11) is 1.72. The van der Waals surface area contributed by atoms with Crippen molar-refractivity contribution in [3.05, 3.63) is 35.4 Å². The summed E-state index contributed by atoms with van der Waals surface area (Å²) in [5.74, 6) is -0.882. The van der Waals surface area contributed by atoms with Crippen LogP contribution < -0.4 is 5.32 Å². The number of carbonyl (C=O) groups is 1. The summed E-state index contributed by atoms with van der Waals surface area (Å²) < 4.78 is 4.98. The molecule has 0 spiro atoms. The molecular formula is C14H21NO3. The highest BCUT2D eigenvalue weighted by atomic mass is 16.5. The zero-order valence-electron chi connectivity index (χ0n) is 10.8. The number of unbranched alkanes of at least 4 members (excludes halogenated alkanes) is 2. The summed E-state index contributed by atoms with van der Waals surface area (Å²) in [5, 5.41) is 12.1. The molecule has 0 aliphatic heterocycles. The molecule has 0 heterocycles. The highest BCUT2D eigenvalue weighted by Crippen LogP contribution is 2.04. The van der Waals surface area contributed by atoms with E-state index in [1.807, 2.05) is 12.1 Å². The third kappa shape index (κ3) is 5.80. The van der Waals surface area contributed by atoms with Crippen molar-refractivity contribution in [2.75, 3.05) is 20.3 Å². The van der Waals surface area contributed by atoms with E-state index in [-0.39, 0.29) is 0 Å². The van der Waals surface area contributed by atoms with E-state index in [9.17, 15) is 4.79 Å². The SMILES string of the molecule is COCCCCCNCc1ccc(C(=O)O)cc1. The van der Waals surface area contributed by atoms with Crippen LogP contribution in [0.2, 0.25) is 0 Å². The third-order valence-electron chi connectivity index (χ3n) is 2.73. The first-order valence-electron chi connectivity index (χ1n) is 6.26. The van der Waals surface area contributed by atoms with Gasteiger partial charge in [-0.25, -0.2) is 4.79 Å². The number of methoxy groups -OCH3 is 1. The van der Waals surface area contributed by atoms with E-state index in [1.165, 1.54) is 6.42 Å². The Morgan fingerprint density at radius 3 is 2.56 bits per heavy atom. The first kappa shape index (κ1) is 14.7. The molecule has 4 heteroatoms. The van der Waals surface area contributed by atoms with Gasteiger partial charge in [0.2, 0.25) is 0 Å². The molecule has 0 aliphatic rings. The lowest BCUT2D eigenvalue weighted by Gasteiger charge is -2.05. The fourth-order valence-corrected chi connectivity index (χ4v) is 1.67. The summed E-state index contributed by atoms with van der Waals surface area (Å²) in [6, 6.07) is 6.97. The molecule has 0 saturated carbocycles. The molecular weight excluding hydrogens is 230 g/mol. The Hall–Kier alpha value is -1.39. The normalized spacial score (nSPS) is 10.5. The Morgan fingerprint density at radius 1 is 1.22 bits per heavy atom. The summed E-state index contributed by atoms with van der Waals surface area (Å²) >= 11 is 0. The van der Waals surface area contributed by atoms with Crippen LogP contribution in [0.1, 0.15) is 35.2 Å². The van der Waals surface area contributed by atoms with Crippen LogP contribution in [0.15, 0.2) is 24.3 Å². The summed E-state index contributed by atoms with van der Waals surface area (Å²) in [6.07, 6.45) is 3.40. The van der Waals surface area contributed by atoms with E-state index >= 15 is 0 Å². The number of hydrogen-bond acceptors (Lipinski definition) is 3. The van der Waals surface area contributed by atoms with Crippen LogP contribution in [0, 0.1) is 0 Å². The maximum atomic E-state index is 10.7. The number of aromatic carboxylic acids is 1. The molecule has 0 radical (unpaired) electrons. The van der Waals surface area contributed by atoms with Crippen LogP contribution in [0.4, 0.5) is 0 Å². The minimum atomic E-state index is -0.882. The van der Waals surface area contributed by atoms with E-state index in [1.54, 1.807) is 19.2 Å². The molecule has 100 valence electrons. The summed E-state index contributed by atoms with van der Waals surface area (Å²) in [5.41, 5.74) is 1.44. The largest absolute Gasteiger partial charge is 0.478 e. The number of benzene rings is 1. The van der Waals surface area contributed by atoms with Gasteiger partial charge in [-0.15, -0.1) is 0 Å². The van der Waals surface area contributed by atoms with Crippen molar-refractivity contribution in [2.45, 2.75) is 25.8 Å². The maximum Gasteiger partial charge on any atom is 0.335 e. The van der Waals surface area contributed by atoms with Gasteiger partial charge in [0.1, 0.15) is 0 Å². The Bertz CT molecular complexity index is 349. The van der Waals surface area contributed by atoms with Gasteiger partial charge in [0.05, 0.1) is 5.56 Å². The molecule has 0 aromatic heterocycles. The zero-order valence-corrected chi connectivity index (χ0v) is 10.8. The van der Waals surface area contributed by atoms with Crippen molar-refractivity contribution < 1.29 is 14.6 Å². The van der Waals surface area contributed by atoms with Gasteiger partial charge in [-0.1, -0.05) is 12.1 Å². The molecule has 0 amide bonds. The first-order chi connectivity index (χ1) is 8.74. The third-order valence-corrected chi connectivity index (χ3v) is 2.73. The summed E-state index contributed by atoms with van der Waals surface area (Å²) in [6.45, 7) is 2.59. The molecule has 0 saturated heterocycles. The second-order valence-corrected chi connectivity index (χ2v) is 4.23. The number of carboxylic acid groups (broad SMARTS) is 1. The van der Waals surface area contributed by atoms with Crippen molar-refractivity contribution in [1.82, 2.24) is 5.32 Å². The number of carboxylic acids is 1. The Kier molecular flexibility index (Phi) is 7.06. The lowest BCUT2D eigenvalue weighted by Crippen LogP contribution is -2.14. The van der Waals surface area contributed by atoms with Crippen molar-refractivity contribution in [3.8, 4) is 0 Å². The fraction of sp³-hybridized carbons (Fsp3) is 0.500. The van der Waals surface area contributed by atoms with Gasteiger partial charge in [0.25, 0.3) is 0 Å². The number of rotatable bonds is 9. The van der Waals surface area contributed by atoms with Crippen molar-refractivity contribution >= 4 is 5.97 Å². The lowest BCUT2D eigenvalue weighted by atomic mass is 10.1. The van der Waals surface area contributed by atoms with Crippen LogP contribution in [0.25, 0.3) is 0 Å². The molecule has 4 nitrogen and oxygen atoms in total. The van der Waals surface area contributed by atoms with Gasteiger partial charge in [-0.3, -0.25) is 0 Å². The minimum Gasteiger partial charge on any atom is -0.478 e. The molecule has 1 aromatic carbocycles. The molecule has 0 aliphatic carbocycles. The van der Waals surface area contributed by atoms with E-state index in [4.69, 9.17) is 9.84 Å². The monoisotopic (exact) mass is 251 g/mol. The molecule has 0 bridgehead atoms. The van der Waals surface area contributed by atoms with Crippen LogP contribution >= 0.6 is 0 Å². The Morgan fingerprint density at radius 2 is 1.94 bits per heavy atom. The molecule has 0 atom stereocenters. The number of nitrogens with one attached hydrogen (secondary N) is 1. The van der Waals surface area contributed by atoms with Gasteiger partial charge in [0.15, 0.2) is 0 Å². The van der Waals surface area contributed by atoms with Crippen molar-refractivity contribution in [3.63, 3.8) is 0 Å². The van der Waals surface area contributed by atoms with Gasteiger partial charge in [0, 0.05) is 20.3 Å². The summed E-state index contributed by atoms with van der Waals surface area (Å²) in [4.78, 5) is 10.7.